The second-order valence-electron chi connectivity index (χ2n) is 5.88. The molecule has 4 rings (SSSR count). The van der Waals surface area contributed by atoms with E-state index in [9.17, 15) is 9.59 Å². The lowest BCUT2D eigenvalue weighted by Gasteiger charge is -2.22. The largest absolute Gasteiger partial charge is 0.466 e. The summed E-state index contributed by atoms with van der Waals surface area (Å²) in [7, 11) is 1.33. The first-order chi connectivity index (χ1) is 13.1. The molecule has 0 spiro atoms. The quantitative estimate of drug-likeness (QED) is 0.633. The van der Waals surface area contributed by atoms with Crippen LogP contribution in [0.5, 0.6) is 0 Å². The molecule has 27 heavy (non-hydrogen) atoms. The van der Waals surface area contributed by atoms with Gasteiger partial charge in [-0.05, 0) is 36.1 Å². The highest BCUT2D eigenvalue weighted by Gasteiger charge is 2.33. The maximum absolute atomic E-state index is 13.2. The summed E-state index contributed by atoms with van der Waals surface area (Å²) in [6, 6.07) is 6.97. The highest BCUT2D eigenvalue weighted by Crippen LogP contribution is 2.32. The van der Waals surface area contributed by atoms with E-state index in [0.29, 0.717) is 20.6 Å². The Morgan fingerprint density at radius 3 is 2.85 bits per heavy atom. The topological polar surface area (TPSA) is 73.6 Å². The van der Waals surface area contributed by atoms with Crippen molar-refractivity contribution in [3.63, 3.8) is 0 Å². The van der Waals surface area contributed by atoms with E-state index in [1.807, 2.05) is 29.6 Å². The Labute approximate surface area is 162 Å². The average Bonchev–Trinajstić information content (AvgIpc) is 3.30. The van der Waals surface area contributed by atoms with E-state index < -0.39 is 12.0 Å². The molecule has 1 unspecified atom stereocenters. The van der Waals surface area contributed by atoms with E-state index in [0.717, 1.165) is 10.4 Å². The monoisotopic (exact) mass is 397 g/mol. The minimum Gasteiger partial charge on any atom is -0.466 e. The fraction of sp³-hybridized carbons (Fsp3) is 0.158. The summed E-state index contributed by atoms with van der Waals surface area (Å²) in [4.78, 5) is 35.7. The molecule has 8 heteroatoms. The van der Waals surface area contributed by atoms with Gasteiger partial charge >= 0.3 is 5.97 Å². The second kappa shape index (κ2) is 7.05. The molecule has 6 nitrogen and oxygen atoms in total. The molecule has 0 aromatic carbocycles. The van der Waals surface area contributed by atoms with E-state index in [-0.39, 0.29) is 5.56 Å². The first kappa shape index (κ1) is 17.6. The van der Waals surface area contributed by atoms with Gasteiger partial charge in [0.25, 0.3) is 5.56 Å². The van der Waals surface area contributed by atoms with Gasteiger partial charge in [0.15, 0.2) is 4.80 Å². The number of ether oxygens (including phenoxy) is 1. The zero-order valence-electron chi connectivity index (χ0n) is 14.6. The van der Waals surface area contributed by atoms with Gasteiger partial charge in [0.1, 0.15) is 6.04 Å². The van der Waals surface area contributed by atoms with Crippen molar-refractivity contribution in [3.05, 3.63) is 83.4 Å². The van der Waals surface area contributed by atoms with Gasteiger partial charge in [-0.2, -0.15) is 0 Å². The predicted octanol–water partition coefficient (Wildman–Crippen LogP) is 1.86. The molecule has 0 radical (unpaired) electrons. The van der Waals surface area contributed by atoms with E-state index in [2.05, 4.69) is 9.98 Å². The smallest absolute Gasteiger partial charge is 0.338 e. The summed E-state index contributed by atoms with van der Waals surface area (Å²) in [5.41, 5.74) is 1.60. The average molecular weight is 397 g/mol. The fourth-order valence-electron chi connectivity index (χ4n) is 3.02. The SMILES string of the molecule is COC(=O)C1=C(C)N=c2s/c(=C/c3cccnc3)c(=O)n2C1c1cccs1. The molecule has 4 heterocycles. The van der Waals surface area contributed by atoms with Gasteiger partial charge in [0, 0.05) is 17.3 Å². The van der Waals surface area contributed by atoms with E-state index in [1.165, 1.54) is 29.8 Å². The van der Waals surface area contributed by atoms with Gasteiger partial charge in [-0.15, -0.1) is 11.3 Å². The van der Waals surface area contributed by atoms with Crippen LogP contribution < -0.4 is 14.9 Å². The number of aromatic nitrogens is 2. The van der Waals surface area contributed by atoms with Crippen LogP contribution in [0.4, 0.5) is 0 Å². The lowest BCUT2D eigenvalue weighted by molar-refractivity contribution is -0.136. The van der Waals surface area contributed by atoms with Crippen molar-refractivity contribution in [2.24, 2.45) is 4.99 Å². The number of thiazole rings is 1. The molecule has 0 bridgehead atoms. The Morgan fingerprint density at radius 1 is 1.33 bits per heavy atom. The van der Waals surface area contributed by atoms with Crippen molar-refractivity contribution in [2.45, 2.75) is 13.0 Å². The van der Waals surface area contributed by atoms with Crippen molar-refractivity contribution < 1.29 is 9.53 Å². The van der Waals surface area contributed by atoms with Crippen LogP contribution in [0.25, 0.3) is 6.08 Å². The van der Waals surface area contributed by atoms with Crippen LogP contribution in [-0.4, -0.2) is 22.6 Å². The number of allylic oxidation sites excluding steroid dienone is 1. The first-order valence-electron chi connectivity index (χ1n) is 8.14. The Bertz CT molecular complexity index is 1210. The molecular formula is C19H15N3O3S2. The van der Waals surface area contributed by atoms with Crippen molar-refractivity contribution >= 4 is 34.7 Å². The number of carbonyl (C=O) groups is 1. The molecule has 0 saturated heterocycles. The van der Waals surface area contributed by atoms with Gasteiger partial charge in [0.05, 0.1) is 22.9 Å². The van der Waals surface area contributed by atoms with Crippen LogP contribution in [0.1, 0.15) is 23.4 Å². The lowest BCUT2D eigenvalue weighted by atomic mass is 10.0. The second-order valence-corrected chi connectivity index (χ2v) is 7.86. The highest BCUT2D eigenvalue weighted by atomic mass is 32.1. The third kappa shape index (κ3) is 3.07. The first-order valence-corrected chi connectivity index (χ1v) is 9.84. The van der Waals surface area contributed by atoms with Gasteiger partial charge in [-0.1, -0.05) is 23.5 Å². The normalized spacial score (nSPS) is 16.8. The molecule has 3 aromatic heterocycles. The standard InChI is InChI=1S/C19H15N3O3S2/c1-11-15(18(24)25-2)16(13-6-4-8-26-13)22-17(23)14(27-19(22)21-11)9-12-5-3-7-20-10-12/h3-10,16H,1-2H3/b14-9+. The number of carbonyl (C=O) groups excluding carboxylic acids is 1. The molecule has 1 aliphatic rings. The number of thiophene rings is 1. The Balaban J connectivity index is 1.98. The number of pyridine rings is 1. The number of nitrogens with zero attached hydrogens (tertiary/aromatic N) is 3. The molecule has 136 valence electrons. The number of rotatable bonds is 3. The van der Waals surface area contributed by atoms with Gasteiger partial charge < -0.3 is 4.74 Å². The van der Waals surface area contributed by atoms with E-state index in [4.69, 9.17) is 4.74 Å². The number of fused-ring (bicyclic) bond motifs is 1. The summed E-state index contributed by atoms with van der Waals surface area (Å²) in [5, 5.41) is 1.92. The Morgan fingerprint density at radius 2 is 2.19 bits per heavy atom. The number of hydrogen-bond acceptors (Lipinski definition) is 7. The summed E-state index contributed by atoms with van der Waals surface area (Å²) in [6.07, 6.45) is 5.17. The molecule has 0 N–H and O–H groups in total. The van der Waals surface area contributed by atoms with Crippen molar-refractivity contribution in [1.82, 2.24) is 9.55 Å². The molecule has 0 fully saturated rings. The summed E-state index contributed by atoms with van der Waals surface area (Å²) >= 11 is 2.79. The van der Waals surface area contributed by atoms with E-state index in [1.54, 1.807) is 30.0 Å². The van der Waals surface area contributed by atoms with Crippen molar-refractivity contribution in [2.75, 3.05) is 7.11 Å². The summed E-state index contributed by atoms with van der Waals surface area (Å²) < 4.78 is 7.09. The zero-order chi connectivity index (χ0) is 19.0. The minimum absolute atomic E-state index is 0.185. The fourth-order valence-corrected chi connectivity index (χ4v) is 4.89. The number of methoxy groups -OCH3 is 1. The highest BCUT2D eigenvalue weighted by molar-refractivity contribution is 7.10. The number of esters is 1. The zero-order valence-corrected chi connectivity index (χ0v) is 16.2. The van der Waals surface area contributed by atoms with Crippen LogP contribution >= 0.6 is 22.7 Å². The molecule has 1 atom stereocenters. The Hall–Kier alpha value is -2.84. The molecule has 3 aromatic rings. The molecule has 1 aliphatic heterocycles. The van der Waals surface area contributed by atoms with Gasteiger partial charge in [0.2, 0.25) is 0 Å². The third-order valence-corrected chi connectivity index (χ3v) is 6.13. The molecule has 0 saturated carbocycles. The minimum atomic E-state index is -0.537. The van der Waals surface area contributed by atoms with Crippen molar-refractivity contribution in [1.29, 1.82) is 0 Å². The molecule has 0 amide bonds. The molecule has 0 aliphatic carbocycles. The van der Waals surface area contributed by atoms with Gasteiger partial charge in [-0.3, -0.25) is 14.3 Å². The van der Waals surface area contributed by atoms with Crippen molar-refractivity contribution in [3.8, 4) is 0 Å². The van der Waals surface area contributed by atoms with Crippen LogP contribution in [0.2, 0.25) is 0 Å². The molecular weight excluding hydrogens is 382 g/mol. The van der Waals surface area contributed by atoms with E-state index >= 15 is 0 Å². The summed E-state index contributed by atoms with van der Waals surface area (Å²) in [5.74, 6) is -0.476. The Kier molecular flexibility index (Phi) is 4.59. The predicted molar refractivity (Wildman–Crippen MR) is 104 cm³/mol. The maximum atomic E-state index is 13.2. The van der Waals surface area contributed by atoms with Crippen LogP contribution in [0.15, 0.2) is 63.1 Å². The maximum Gasteiger partial charge on any atom is 0.338 e. The van der Waals surface area contributed by atoms with Crippen LogP contribution in [0, 0.1) is 0 Å². The lowest BCUT2D eigenvalue weighted by Crippen LogP contribution is -2.39. The van der Waals surface area contributed by atoms with Gasteiger partial charge in [-0.25, -0.2) is 9.79 Å². The van der Waals surface area contributed by atoms with Crippen LogP contribution in [-0.2, 0) is 9.53 Å². The summed E-state index contributed by atoms with van der Waals surface area (Å²) in [6.45, 7) is 1.77. The third-order valence-electron chi connectivity index (χ3n) is 4.22. The van der Waals surface area contributed by atoms with Crippen LogP contribution in [0.3, 0.4) is 0 Å². The number of hydrogen-bond donors (Lipinski definition) is 0.